The normalized spacial score (nSPS) is 17.4. The molecule has 0 aromatic carbocycles. The maximum absolute atomic E-state index is 12.1. The Bertz CT molecular complexity index is 638. The first-order chi connectivity index (χ1) is 15.2. The van der Waals surface area contributed by atoms with E-state index in [-0.39, 0.29) is 37.4 Å². The van der Waals surface area contributed by atoms with E-state index in [1.165, 1.54) is 0 Å². The molecule has 0 heterocycles. The lowest BCUT2D eigenvalue weighted by atomic mass is 9.91. The van der Waals surface area contributed by atoms with Gasteiger partial charge in [-0.05, 0) is 52.4 Å². The Balaban J connectivity index is 2.16. The number of rotatable bonds is 12. The number of carbonyl (C=O) groups excluding carboxylic acids is 4. The first-order valence-corrected chi connectivity index (χ1v) is 10.9. The van der Waals surface area contributed by atoms with Gasteiger partial charge in [0.15, 0.2) is 0 Å². The van der Waals surface area contributed by atoms with Gasteiger partial charge >= 0.3 is 24.0 Å². The van der Waals surface area contributed by atoms with Crippen molar-refractivity contribution >= 4 is 24.0 Å². The second-order valence-electron chi connectivity index (χ2n) is 7.90. The molecule has 1 rings (SSSR count). The number of hydrogen-bond donors (Lipinski definition) is 4. The molecule has 0 spiro atoms. The van der Waals surface area contributed by atoms with Crippen molar-refractivity contribution in [3.63, 3.8) is 0 Å². The van der Waals surface area contributed by atoms with Gasteiger partial charge in [0.05, 0.1) is 13.2 Å². The number of urea groups is 2. The molecule has 4 N–H and O–H groups in total. The Labute approximate surface area is 189 Å². The van der Waals surface area contributed by atoms with Gasteiger partial charge in [0.2, 0.25) is 0 Å². The van der Waals surface area contributed by atoms with Crippen molar-refractivity contribution < 1.29 is 28.7 Å². The lowest BCUT2D eigenvalue weighted by Crippen LogP contribution is -2.50. The van der Waals surface area contributed by atoms with Gasteiger partial charge in [-0.2, -0.15) is 0 Å². The summed E-state index contributed by atoms with van der Waals surface area (Å²) in [6, 6.07) is -0.625. The van der Waals surface area contributed by atoms with Crippen molar-refractivity contribution in [3.05, 3.63) is 24.3 Å². The predicted molar refractivity (Wildman–Crippen MR) is 120 cm³/mol. The molecule has 0 aromatic rings. The standard InChI is InChI=1S/C22H36N4O6/c1-15(2)19(27)31-12-6-10-23-21(29)25-17-8-5-9-18(14-17)26-22(30)24-11-7-13-32-20(28)16(3)4/h17-18H,1,3,5-14H2,2,4H3,(H2,23,25,29)(H2,24,26,30). The van der Waals surface area contributed by atoms with E-state index in [0.717, 1.165) is 19.3 Å². The summed E-state index contributed by atoms with van der Waals surface area (Å²) in [6.07, 6.45) is 4.24. The van der Waals surface area contributed by atoms with Crippen molar-refractivity contribution in [2.75, 3.05) is 26.3 Å². The van der Waals surface area contributed by atoms with E-state index in [2.05, 4.69) is 34.4 Å². The van der Waals surface area contributed by atoms with Crippen LogP contribution in [0.2, 0.25) is 0 Å². The summed E-state index contributed by atoms with van der Waals surface area (Å²) in [4.78, 5) is 46.6. The topological polar surface area (TPSA) is 135 Å². The Kier molecular flexibility index (Phi) is 12.5. The van der Waals surface area contributed by atoms with Crippen LogP contribution in [0.4, 0.5) is 9.59 Å². The summed E-state index contributed by atoms with van der Waals surface area (Å²) < 4.78 is 9.93. The van der Waals surface area contributed by atoms with Crippen LogP contribution in [0, 0.1) is 0 Å². The van der Waals surface area contributed by atoms with Crippen molar-refractivity contribution in [1.29, 1.82) is 0 Å². The molecule has 4 amide bonds. The molecule has 2 atom stereocenters. The highest BCUT2D eigenvalue weighted by Crippen LogP contribution is 2.18. The van der Waals surface area contributed by atoms with Crippen LogP contribution in [0.1, 0.15) is 52.4 Å². The SMILES string of the molecule is C=C(C)C(=O)OCCCNC(=O)NC1CCCC(NC(=O)NCCCOC(=O)C(=C)C)C1. The van der Waals surface area contributed by atoms with Gasteiger partial charge in [-0.1, -0.05) is 13.2 Å². The molecule has 1 aliphatic rings. The Hall–Kier alpha value is -3.04. The number of amides is 4. The zero-order chi connectivity index (χ0) is 23.9. The molecular weight excluding hydrogens is 416 g/mol. The molecule has 1 aliphatic carbocycles. The van der Waals surface area contributed by atoms with Gasteiger partial charge < -0.3 is 30.7 Å². The van der Waals surface area contributed by atoms with E-state index in [9.17, 15) is 19.2 Å². The Morgan fingerprint density at radius 3 is 1.56 bits per heavy atom. The summed E-state index contributed by atoms with van der Waals surface area (Å²) in [5.41, 5.74) is 0.683. The van der Waals surface area contributed by atoms with E-state index < -0.39 is 11.9 Å². The minimum atomic E-state index is -0.439. The monoisotopic (exact) mass is 452 g/mol. The third-order valence-corrected chi connectivity index (χ3v) is 4.72. The summed E-state index contributed by atoms with van der Waals surface area (Å²) >= 11 is 0. The van der Waals surface area contributed by atoms with E-state index in [1.807, 2.05) is 0 Å². The highest BCUT2D eigenvalue weighted by molar-refractivity contribution is 5.87. The summed E-state index contributed by atoms with van der Waals surface area (Å²) in [7, 11) is 0. The van der Waals surface area contributed by atoms with Crippen LogP contribution in [-0.4, -0.2) is 62.4 Å². The largest absolute Gasteiger partial charge is 0.462 e. The predicted octanol–water partition coefficient (Wildman–Crippen LogP) is 1.91. The van der Waals surface area contributed by atoms with Gasteiger partial charge in [-0.15, -0.1) is 0 Å². The van der Waals surface area contributed by atoms with E-state index >= 15 is 0 Å². The maximum atomic E-state index is 12.1. The second-order valence-corrected chi connectivity index (χ2v) is 7.90. The minimum absolute atomic E-state index is 0.0307. The fourth-order valence-corrected chi connectivity index (χ4v) is 3.05. The van der Waals surface area contributed by atoms with Crippen LogP contribution in [-0.2, 0) is 19.1 Å². The van der Waals surface area contributed by atoms with Gasteiger partial charge in [0.1, 0.15) is 0 Å². The number of ether oxygens (including phenoxy) is 2. The quantitative estimate of drug-likeness (QED) is 0.203. The zero-order valence-corrected chi connectivity index (χ0v) is 19.1. The zero-order valence-electron chi connectivity index (χ0n) is 19.1. The molecule has 10 heteroatoms. The van der Waals surface area contributed by atoms with Crippen LogP contribution in [0.3, 0.4) is 0 Å². The molecule has 10 nitrogen and oxygen atoms in total. The minimum Gasteiger partial charge on any atom is -0.462 e. The fraction of sp³-hybridized carbons (Fsp3) is 0.636. The smallest absolute Gasteiger partial charge is 0.333 e. The fourth-order valence-electron chi connectivity index (χ4n) is 3.05. The van der Waals surface area contributed by atoms with Crippen LogP contribution in [0.5, 0.6) is 0 Å². The molecule has 32 heavy (non-hydrogen) atoms. The summed E-state index contributed by atoms with van der Waals surface area (Å²) in [5, 5.41) is 11.3. The van der Waals surface area contributed by atoms with Crippen molar-refractivity contribution in [1.82, 2.24) is 21.3 Å². The van der Waals surface area contributed by atoms with Crippen LogP contribution < -0.4 is 21.3 Å². The third-order valence-electron chi connectivity index (χ3n) is 4.72. The maximum Gasteiger partial charge on any atom is 0.333 e. The van der Waals surface area contributed by atoms with Crippen molar-refractivity contribution in [3.8, 4) is 0 Å². The number of carbonyl (C=O) groups is 4. The molecule has 0 saturated heterocycles. The molecule has 1 saturated carbocycles. The van der Waals surface area contributed by atoms with Gasteiger partial charge in [0, 0.05) is 36.3 Å². The molecule has 2 unspecified atom stereocenters. The molecule has 0 aliphatic heterocycles. The van der Waals surface area contributed by atoms with Gasteiger partial charge in [0.25, 0.3) is 0 Å². The average molecular weight is 453 g/mol. The van der Waals surface area contributed by atoms with Crippen LogP contribution >= 0.6 is 0 Å². The molecule has 0 radical (unpaired) electrons. The van der Waals surface area contributed by atoms with E-state index in [4.69, 9.17) is 9.47 Å². The number of hydrogen-bond acceptors (Lipinski definition) is 6. The van der Waals surface area contributed by atoms with Crippen LogP contribution in [0.25, 0.3) is 0 Å². The van der Waals surface area contributed by atoms with Gasteiger partial charge in [-0.25, -0.2) is 19.2 Å². The lowest BCUT2D eigenvalue weighted by molar-refractivity contribution is -0.139. The number of nitrogens with one attached hydrogen (secondary N) is 4. The summed E-state index contributed by atoms with van der Waals surface area (Å²) in [6.45, 7) is 11.4. The summed E-state index contributed by atoms with van der Waals surface area (Å²) in [5.74, 6) is -0.879. The second kappa shape index (κ2) is 14.9. The highest BCUT2D eigenvalue weighted by atomic mass is 16.5. The lowest BCUT2D eigenvalue weighted by Gasteiger charge is -2.30. The molecule has 1 fully saturated rings. The molecule has 0 bridgehead atoms. The highest BCUT2D eigenvalue weighted by Gasteiger charge is 2.24. The van der Waals surface area contributed by atoms with Gasteiger partial charge in [-0.3, -0.25) is 0 Å². The van der Waals surface area contributed by atoms with Crippen molar-refractivity contribution in [2.24, 2.45) is 0 Å². The van der Waals surface area contributed by atoms with Crippen LogP contribution in [0.15, 0.2) is 24.3 Å². The van der Waals surface area contributed by atoms with E-state index in [1.54, 1.807) is 13.8 Å². The number of esters is 2. The Morgan fingerprint density at radius 2 is 1.19 bits per heavy atom. The third kappa shape index (κ3) is 12.0. The first kappa shape index (κ1) is 27.0. The average Bonchev–Trinajstić information content (AvgIpc) is 2.72. The van der Waals surface area contributed by atoms with E-state index in [0.29, 0.717) is 43.5 Å². The molecular formula is C22H36N4O6. The molecule has 0 aromatic heterocycles. The first-order valence-electron chi connectivity index (χ1n) is 10.9. The molecule has 180 valence electrons. The van der Waals surface area contributed by atoms with Crippen molar-refractivity contribution in [2.45, 2.75) is 64.5 Å². The Morgan fingerprint density at radius 1 is 0.781 bits per heavy atom.